The first kappa shape index (κ1) is 13.7. The van der Waals surface area contributed by atoms with E-state index in [-0.39, 0.29) is 0 Å². The Bertz CT molecular complexity index is 348. The molecule has 100 valence electrons. The van der Waals surface area contributed by atoms with Gasteiger partial charge >= 0.3 is 0 Å². The largest absolute Gasteiger partial charge is 0.491 e. The van der Waals surface area contributed by atoms with Gasteiger partial charge in [0.2, 0.25) is 0 Å². The Kier molecular flexibility index (Phi) is 5.82. The second-order valence-corrected chi connectivity index (χ2v) is 5.33. The summed E-state index contributed by atoms with van der Waals surface area (Å²) in [6.45, 7) is 1.58. The zero-order chi connectivity index (χ0) is 12.6. The van der Waals surface area contributed by atoms with Crippen LogP contribution in [0.1, 0.15) is 38.5 Å². The molecule has 1 aromatic carbocycles. The Balaban J connectivity index is 1.65. The molecule has 0 amide bonds. The molecule has 1 saturated carbocycles. The molecule has 0 radical (unpaired) electrons. The van der Waals surface area contributed by atoms with Crippen molar-refractivity contribution in [3.63, 3.8) is 0 Å². The summed E-state index contributed by atoms with van der Waals surface area (Å²) < 4.78 is 5.66. The van der Waals surface area contributed by atoms with Crippen LogP contribution in [0, 0.1) is 0 Å². The topological polar surface area (TPSA) is 21.3 Å². The molecule has 18 heavy (non-hydrogen) atoms. The lowest BCUT2D eigenvalue weighted by atomic mass is 10.1. The summed E-state index contributed by atoms with van der Waals surface area (Å²) in [7, 11) is 0. The fourth-order valence-corrected chi connectivity index (χ4v) is 2.66. The van der Waals surface area contributed by atoms with E-state index in [4.69, 9.17) is 16.3 Å². The Morgan fingerprint density at radius 1 is 1.11 bits per heavy atom. The zero-order valence-corrected chi connectivity index (χ0v) is 11.6. The Labute approximate surface area is 115 Å². The SMILES string of the molecule is Clc1ccccc1OCCNC1CCCCCC1. The molecule has 1 aliphatic rings. The maximum Gasteiger partial charge on any atom is 0.137 e. The highest BCUT2D eigenvalue weighted by molar-refractivity contribution is 6.32. The summed E-state index contributed by atoms with van der Waals surface area (Å²) >= 11 is 6.03. The molecule has 0 bridgehead atoms. The first-order valence-electron chi connectivity index (χ1n) is 6.97. The molecule has 1 aromatic rings. The highest BCUT2D eigenvalue weighted by Crippen LogP contribution is 2.22. The third-order valence-corrected chi connectivity index (χ3v) is 3.80. The summed E-state index contributed by atoms with van der Waals surface area (Å²) in [5.74, 6) is 0.779. The van der Waals surface area contributed by atoms with Crippen molar-refractivity contribution in [2.24, 2.45) is 0 Å². The highest BCUT2D eigenvalue weighted by Gasteiger charge is 2.10. The van der Waals surface area contributed by atoms with Crippen LogP contribution < -0.4 is 10.1 Å². The third kappa shape index (κ3) is 4.51. The Morgan fingerprint density at radius 3 is 2.56 bits per heavy atom. The molecule has 0 aromatic heterocycles. The van der Waals surface area contributed by atoms with Crippen molar-refractivity contribution >= 4 is 11.6 Å². The Hall–Kier alpha value is -0.730. The molecule has 2 nitrogen and oxygen atoms in total. The molecular formula is C15H22ClNO. The maximum atomic E-state index is 6.03. The van der Waals surface area contributed by atoms with E-state index in [1.54, 1.807) is 0 Å². The minimum absolute atomic E-state index is 0.681. The molecular weight excluding hydrogens is 246 g/mol. The van der Waals surface area contributed by atoms with Crippen molar-refractivity contribution in [2.45, 2.75) is 44.6 Å². The molecule has 1 fully saturated rings. The van der Waals surface area contributed by atoms with Crippen molar-refractivity contribution in [1.82, 2.24) is 5.32 Å². The van der Waals surface area contributed by atoms with Crippen LogP contribution >= 0.6 is 11.6 Å². The van der Waals surface area contributed by atoms with Gasteiger partial charge in [0.1, 0.15) is 12.4 Å². The first-order valence-corrected chi connectivity index (χ1v) is 7.35. The summed E-state index contributed by atoms with van der Waals surface area (Å²) in [5, 5.41) is 4.27. The van der Waals surface area contributed by atoms with Crippen molar-refractivity contribution in [3.8, 4) is 5.75 Å². The van der Waals surface area contributed by atoms with Gasteiger partial charge in [0.05, 0.1) is 5.02 Å². The standard InChI is InChI=1S/C15H22ClNO/c16-14-9-5-6-10-15(14)18-12-11-17-13-7-3-1-2-4-8-13/h5-6,9-10,13,17H,1-4,7-8,11-12H2. The highest BCUT2D eigenvalue weighted by atomic mass is 35.5. The van der Waals surface area contributed by atoms with Gasteiger partial charge in [-0.2, -0.15) is 0 Å². The predicted molar refractivity (Wildman–Crippen MR) is 76.4 cm³/mol. The van der Waals surface area contributed by atoms with Gasteiger partial charge in [0, 0.05) is 12.6 Å². The molecule has 1 aliphatic carbocycles. The quantitative estimate of drug-likeness (QED) is 0.642. The van der Waals surface area contributed by atoms with Gasteiger partial charge in [0.25, 0.3) is 0 Å². The van der Waals surface area contributed by atoms with Gasteiger partial charge in [0.15, 0.2) is 0 Å². The van der Waals surface area contributed by atoms with E-state index in [1.165, 1.54) is 38.5 Å². The van der Waals surface area contributed by atoms with Crippen LogP contribution in [0.4, 0.5) is 0 Å². The van der Waals surface area contributed by atoms with Gasteiger partial charge in [-0.15, -0.1) is 0 Å². The van der Waals surface area contributed by atoms with Gasteiger partial charge < -0.3 is 10.1 Å². The van der Waals surface area contributed by atoms with Crippen molar-refractivity contribution in [3.05, 3.63) is 29.3 Å². The lowest BCUT2D eigenvalue weighted by Crippen LogP contribution is -2.32. The number of hydrogen-bond donors (Lipinski definition) is 1. The van der Waals surface area contributed by atoms with Crippen molar-refractivity contribution in [1.29, 1.82) is 0 Å². The second-order valence-electron chi connectivity index (χ2n) is 4.92. The van der Waals surface area contributed by atoms with E-state index in [9.17, 15) is 0 Å². The number of halogens is 1. The molecule has 0 heterocycles. The van der Waals surface area contributed by atoms with Crippen LogP contribution in [0.2, 0.25) is 5.02 Å². The molecule has 0 saturated heterocycles. The van der Waals surface area contributed by atoms with Crippen LogP contribution in [0.15, 0.2) is 24.3 Å². The number of rotatable bonds is 5. The van der Waals surface area contributed by atoms with Crippen LogP contribution in [0.5, 0.6) is 5.75 Å². The fourth-order valence-electron chi connectivity index (χ4n) is 2.47. The monoisotopic (exact) mass is 267 g/mol. The van der Waals surface area contributed by atoms with Crippen molar-refractivity contribution < 1.29 is 4.74 Å². The molecule has 3 heteroatoms. The van der Waals surface area contributed by atoms with E-state index in [1.807, 2.05) is 24.3 Å². The Morgan fingerprint density at radius 2 is 1.83 bits per heavy atom. The molecule has 0 unspecified atom stereocenters. The van der Waals surface area contributed by atoms with E-state index < -0.39 is 0 Å². The summed E-state index contributed by atoms with van der Waals surface area (Å²) in [5.41, 5.74) is 0. The van der Waals surface area contributed by atoms with Crippen LogP contribution in [-0.4, -0.2) is 19.2 Å². The number of nitrogens with one attached hydrogen (secondary N) is 1. The minimum Gasteiger partial charge on any atom is -0.491 e. The van der Waals surface area contributed by atoms with Gasteiger partial charge in [-0.25, -0.2) is 0 Å². The summed E-state index contributed by atoms with van der Waals surface area (Å²) in [6, 6.07) is 8.31. The van der Waals surface area contributed by atoms with Gasteiger partial charge in [-0.3, -0.25) is 0 Å². The molecule has 1 N–H and O–H groups in total. The fraction of sp³-hybridized carbons (Fsp3) is 0.600. The first-order chi connectivity index (χ1) is 8.86. The van der Waals surface area contributed by atoms with Gasteiger partial charge in [-0.1, -0.05) is 49.4 Å². The van der Waals surface area contributed by atoms with Crippen LogP contribution in [-0.2, 0) is 0 Å². The number of benzene rings is 1. The minimum atomic E-state index is 0.681. The summed E-state index contributed by atoms with van der Waals surface area (Å²) in [4.78, 5) is 0. The van der Waals surface area contributed by atoms with E-state index >= 15 is 0 Å². The third-order valence-electron chi connectivity index (χ3n) is 3.48. The number of para-hydroxylation sites is 1. The predicted octanol–water partition coefficient (Wildman–Crippen LogP) is 4.03. The number of ether oxygens (including phenoxy) is 1. The average molecular weight is 268 g/mol. The summed E-state index contributed by atoms with van der Waals surface area (Å²) in [6.07, 6.45) is 8.15. The smallest absolute Gasteiger partial charge is 0.137 e. The molecule has 2 rings (SSSR count). The average Bonchev–Trinajstić information content (AvgIpc) is 2.65. The molecule has 0 aliphatic heterocycles. The normalized spacial score (nSPS) is 17.4. The molecule has 0 spiro atoms. The second kappa shape index (κ2) is 7.65. The zero-order valence-electron chi connectivity index (χ0n) is 10.8. The van der Waals surface area contributed by atoms with Gasteiger partial charge in [-0.05, 0) is 25.0 Å². The van der Waals surface area contributed by atoms with E-state index in [2.05, 4.69) is 5.32 Å². The lowest BCUT2D eigenvalue weighted by Gasteiger charge is -2.16. The number of hydrogen-bond acceptors (Lipinski definition) is 2. The van der Waals surface area contributed by atoms with E-state index in [0.29, 0.717) is 17.7 Å². The van der Waals surface area contributed by atoms with Crippen LogP contribution in [0.3, 0.4) is 0 Å². The lowest BCUT2D eigenvalue weighted by molar-refractivity contribution is 0.300. The maximum absolute atomic E-state index is 6.03. The van der Waals surface area contributed by atoms with Crippen molar-refractivity contribution in [2.75, 3.05) is 13.2 Å². The van der Waals surface area contributed by atoms with E-state index in [0.717, 1.165) is 12.3 Å². The van der Waals surface area contributed by atoms with Crippen LogP contribution in [0.25, 0.3) is 0 Å². The molecule has 0 atom stereocenters.